The van der Waals surface area contributed by atoms with E-state index in [-0.39, 0.29) is 16.1 Å². The van der Waals surface area contributed by atoms with Gasteiger partial charge in [-0.05, 0) is 30.4 Å². The van der Waals surface area contributed by atoms with Crippen LogP contribution in [0.4, 0.5) is 11.4 Å². The number of anilines is 1. The zero-order valence-electron chi connectivity index (χ0n) is 10.4. The van der Waals surface area contributed by atoms with Crippen molar-refractivity contribution in [2.75, 3.05) is 11.9 Å². The van der Waals surface area contributed by atoms with Crippen LogP contribution in [0.2, 0.25) is 5.02 Å². The highest BCUT2D eigenvalue weighted by atomic mass is 35.5. The van der Waals surface area contributed by atoms with Crippen molar-refractivity contribution in [3.63, 3.8) is 0 Å². The van der Waals surface area contributed by atoms with Crippen LogP contribution in [0.5, 0.6) is 0 Å². The Labute approximate surface area is 111 Å². The minimum Gasteiger partial charge on any atom is -0.379 e. The van der Waals surface area contributed by atoms with Gasteiger partial charge in [-0.15, -0.1) is 0 Å². The molecule has 1 fully saturated rings. The van der Waals surface area contributed by atoms with E-state index in [2.05, 4.69) is 12.2 Å². The fraction of sp³-hybridized carbons (Fsp3) is 0.538. The van der Waals surface area contributed by atoms with Gasteiger partial charge in [-0.3, -0.25) is 10.1 Å². The highest BCUT2D eigenvalue weighted by Gasteiger charge is 2.29. The molecule has 4 nitrogen and oxygen atoms in total. The van der Waals surface area contributed by atoms with Crippen molar-refractivity contribution in [2.45, 2.75) is 32.6 Å². The molecule has 1 aliphatic carbocycles. The smallest absolute Gasteiger partial charge is 0.310 e. The number of nitrogens with zero attached hydrogens (tertiary/aromatic N) is 1. The van der Waals surface area contributed by atoms with Gasteiger partial charge in [0.15, 0.2) is 0 Å². The average Bonchev–Trinajstić information content (AvgIpc) is 2.73. The fourth-order valence-corrected chi connectivity index (χ4v) is 2.80. The van der Waals surface area contributed by atoms with Gasteiger partial charge in [0.1, 0.15) is 10.7 Å². The van der Waals surface area contributed by atoms with E-state index in [9.17, 15) is 10.1 Å². The summed E-state index contributed by atoms with van der Waals surface area (Å²) in [6.45, 7) is 2.98. The molecule has 0 aliphatic heterocycles. The molecule has 0 saturated heterocycles. The summed E-state index contributed by atoms with van der Waals surface area (Å²) in [4.78, 5) is 10.6. The summed E-state index contributed by atoms with van der Waals surface area (Å²) < 4.78 is 0. The maximum absolute atomic E-state index is 11.0. The molecule has 1 N–H and O–H groups in total. The van der Waals surface area contributed by atoms with Gasteiger partial charge in [0.25, 0.3) is 0 Å². The van der Waals surface area contributed by atoms with Gasteiger partial charge in [0, 0.05) is 6.54 Å². The second-order valence-electron chi connectivity index (χ2n) is 5.26. The Morgan fingerprint density at radius 1 is 1.44 bits per heavy atom. The van der Waals surface area contributed by atoms with E-state index >= 15 is 0 Å². The van der Waals surface area contributed by atoms with Gasteiger partial charge >= 0.3 is 5.69 Å². The summed E-state index contributed by atoms with van der Waals surface area (Å²) in [6.07, 6.45) is 4.84. The first-order chi connectivity index (χ1) is 8.52. The number of para-hydroxylation sites is 1. The van der Waals surface area contributed by atoms with Crippen LogP contribution in [0.25, 0.3) is 0 Å². The normalized spacial score (nSPS) is 17.7. The Bertz CT molecular complexity index is 456. The van der Waals surface area contributed by atoms with Crippen LogP contribution >= 0.6 is 11.6 Å². The van der Waals surface area contributed by atoms with Gasteiger partial charge in [0.05, 0.1) is 4.92 Å². The van der Waals surface area contributed by atoms with E-state index in [1.54, 1.807) is 18.2 Å². The lowest BCUT2D eigenvalue weighted by molar-refractivity contribution is -0.383. The Hall–Kier alpha value is -1.29. The quantitative estimate of drug-likeness (QED) is 0.656. The predicted octanol–water partition coefficient (Wildman–Crippen LogP) is 4.24. The topological polar surface area (TPSA) is 55.2 Å². The van der Waals surface area contributed by atoms with Gasteiger partial charge in [-0.25, -0.2) is 0 Å². The molecule has 0 amide bonds. The van der Waals surface area contributed by atoms with Crippen LogP contribution in [0.3, 0.4) is 0 Å². The standard InChI is InChI=1S/C13H17ClN2O2/c1-13(7-2-3-8-13)9-15-11-6-4-5-10(14)12(11)16(17)18/h4-6,15H,2-3,7-9H2,1H3. The van der Waals surface area contributed by atoms with Gasteiger partial charge in [0.2, 0.25) is 0 Å². The molecule has 1 aliphatic rings. The molecule has 98 valence electrons. The van der Waals surface area contributed by atoms with Gasteiger partial charge < -0.3 is 5.32 Å². The highest BCUT2D eigenvalue weighted by Crippen LogP contribution is 2.39. The zero-order valence-corrected chi connectivity index (χ0v) is 11.2. The van der Waals surface area contributed by atoms with Crippen LogP contribution < -0.4 is 5.32 Å². The zero-order chi connectivity index (χ0) is 13.2. The van der Waals surface area contributed by atoms with Crippen LogP contribution in [-0.2, 0) is 0 Å². The minimum absolute atomic E-state index is 0.0271. The van der Waals surface area contributed by atoms with E-state index in [0.717, 1.165) is 6.54 Å². The Morgan fingerprint density at radius 2 is 2.11 bits per heavy atom. The molecule has 1 saturated carbocycles. The summed E-state index contributed by atoms with van der Waals surface area (Å²) in [5.74, 6) is 0. The molecule has 0 unspecified atom stereocenters. The van der Waals surface area contributed by atoms with Crippen LogP contribution in [0.1, 0.15) is 32.6 Å². The number of nitro benzene ring substituents is 1. The average molecular weight is 269 g/mol. The second-order valence-corrected chi connectivity index (χ2v) is 5.67. The number of hydrogen-bond acceptors (Lipinski definition) is 3. The van der Waals surface area contributed by atoms with Gasteiger partial charge in [-0.1, -0.05) is 37.4 Å². The largest absolute Gasteiger partial charge is 0.379 e. The molecule has 2 rings (SSSR count). The SMILES string of the molecule is CC1(CNc2cccc(Cl)c2[N+](=O)[O-])CCCC1. The Morgan fingerprint density at radius 3 is 2.72 bits per heavy atom. The molecular formula is C13H17ClN2O2. The summed E-state index contributed by atoms with van der Waals surface area (Å²) in [6, 6.07) is 4.99. The molecule has 1 aromatic carbocycles. The lowest BCUT2D eigenvalue weighted by Crippen LogP contribution is -2.23. The Kier molecular flexibility index (Phi) is 3.76. The number of hydrogen-bond donors (Lipinski definition) is 1. The third kappa shape index (κ3) is 2.75. The van der Waals surface area contributed by atoms with Crippen molar-refractivity contribution < 1.29 is 4.92 Å². The molecule has 18 heavy (non-hydrogen) atoms. The molecule has 0 atom stereocenters. The van der Waals surface area contributed by atoms with E-state index < -0.39 is 4.92 Å². The fourth-order valence-electron chi connectivity index (χ4n) is 2.56. The first-order valence-electron chi connectivity index (χ1n) is 6.19. The highest BCUT2D eigenvalue weighted by molar-refractivity contribution is 6.33. The maximum Gasteiger partial charge on any atom is 0.310 e. The summed E-state index contributed by atoms with van der Waals surface area (Å²) in [5.41, 5.74) is 0.734. The molecule has 5 heteroatoms. The molecule has 0 aromatic heterocycles. The van der Waals surface area contributed by atoms with E-state index in [1.807, 2.05) is 0 Å². The lowest BCUT2D eigenvalue weighted by atomic mass is 9.89. The van der Waals surface area contributed by atoms with Crippen molar-refractivity contribution in [1.82, 2.24) is 0 Å². The van der Waals surface area contributed by atoms with E-state index in [0.29, 0.717) is 5.69 Å². The van der Waals surface area contributed by atoms with Crippen molar-refractivity contribution in [3.8, 4) is 0 Å². The van der Waals surface area contributed by atoms with E-state index in [4.69, 9.17) is 11.6 Å². The molecule has 0 heterocycles. The first kappa shape index (κ1) is 13.1. The summed E-state index contributed by atoms with van der Waals surface area (Å²) in [5, 5.41) is 14.4. The number of nitrogens with one attached hydrogen (secondary N) is 1. The summed E-state index contributed by atoms with van der Waals surface area (Å²) >= 11 is 5.87. The molecule has 0 radical (unpaired) electrons. The third-order valence-electron chi connectivity index (χ3n) is 3.69. The summed E-state index contributed by atoms with van der Waals surface area (Å²) in [7, 11) is 0. The number of halogens is 1. The van der Waals surface area contributed by atoms with Crippen LogP contribution in [0.15, 0.2) is 18.2 Å². The van der Waals surface area contributed by atoms with Gasteiger partial charge in [-0.2, -0.15) is 0 Å². The lowest BCUT2D eigenvalue weighted by Gasteiger charge is -2.24. The van der Waals surface area contributed by atoms with Crippen molar-refractivity contribution in [2.24, 2.45) is 5.41 Å². The number of benzene rings is 1. The molecule has 0 spiro atoms. The maximum atomic E-state index is 11.0. The minimum atomic E-state index is -0.429. The molecular weight excluding hydrogens is 252 g/mol. The third-order valence-corrected chi connectivity index (χ3v) is 3.99. The first-order valence-corrected chi connectivity index (χ1v) is 6.56. The number of nitro groups is 1. The number of rotatable bonds is 4. The second kappa shape index (κ2) is 5.14. The van der Waals surface area contributed by atoms with Crippen LogP contribution in [-0.4, -0.2) is 11.5 Å². The van der Waals surface area contributed by atoms with Crippen molar-refractivity contribution in [3.05, 3.63) is 33.3 Å². The molecule has 0 bridgehead atoms. The van der Waals surface area contributed by atoms with Crippen molar-refractivity contribution in [1.29, 1.82) is 0 Å². The van der Waals surface area contributed by atoms with E-state index in [1.165, 1.54) is 25.7 Å². The monoisotopic (exact) mass is 268 g/mol. The van der Waals surface area contributed by atoms with Crippen molar-refractivity contribution >= 4 is 23.0 Å². The molecule has 1 aromatic rings. The predicted molar refractivity (Wildman–Crippen MR) is 73.2 cm³/mol. The van der Waals surface area contributed by atoms with Crippen LogP contribution in [0, 0.1) is 15.5 Å². The Balaban J connectivity index is 2.14.